The first-order chi connectivity index (χ1) is 8.09. The highest BCUT2D eigenvalue weighted by atomic mass is 35.5. The molecule has 0 aliphatic carbocycles. The summed E-state index contributed by atoms with van der Waals surface area (Å²) in [6.45, 7) is 0. The van der Waals surface area contributed by atoms with Crippen molar-refractivity contribution >= 4 is 29.2 Å². The molecule has 0 radical (unpaired) electrons. The summed E-state index contributed by atoms with van der Waals surface area (Å²) >= 11 is 11.9. The molecule has 86 valence electrons. The van der Waals surface area contributed by atoms with Crippen molar-refractivity contribution in [2.75, 3.05) is 0 Å². The van der Waals surface area contributed by atoms with Crippen LogP contribution in [-0.2, 0) is 0 Å². The molecule has 0 saturated carbocycles. The first-order valence-electron chi connectivity index (χ1n) is 4.60. The van der Waals surface area contributed by atoms with Gasteiger partial charge < -0.3 is 5.11 Å². The number of benzene rings is 1. The number of aromatic nitrogens is 2. The predicted molar refractivity (Wildman–Crippen MR) is 64.4 cm³/mol. The van der Waals surface area contributed by atoms with Crippen LogP contribution in [0.15, 0.2) is 30.5 Å². The quantitative estimate of drug-likeness (QED) is 0.909. The van der Waals surface area contributed by atoms with E-state index < -0.39 is 5.97 Å². The van der Waals surface area contributed by atoms with Crippen LogP contribution in [0.3, 0.4) is 0 Å². The molecule has 1 N–H and O–H groups in total. The number of carboxylic acid groups (broad SMARTS) is 1. The number of rotatable bonds is 2. The van der Waals surface area contributed by atoms with Crippen molar-refractivity contribution in [1.29, 1.82) is 0 Å². The van der Waals surface area contributed by atoms with E-state index in [0.29, 0.717) is 16.3 Å². The summed E-state index contributed by atoms with van der Waals surface area (Å²) in [5.74, 6) is -1.53. The van der Waals surface area contributed by atoms with Gasteiger partial charge in [0.2, 0.25) is 5.82 Å². The van der Waals surface area contributed by atoms with Gasteiger partial charge in [0.15, 0.2) is 0 Å². The van der Waals surface area contributed by atoms with Crippen molar-refractivity contribution in [2.24, 2.45) is 0 Å². The Labute approximate surface area is 107 Å². The number of hydrogen-bond acceptors (Lipinski definition) is 3. The number of hydrogen-bond donors (Lipinski definition) is 1. The molecule has 4 nitrogen and oxygen atoms in total. The summed E-state index contributed by atoms with van der Waals surface area (Å²) in [5, 5.41) is 9.52. The molecule has 0 aliphatic rings. The van der Waals surface area contributed by atoms with Crippen LogP contribution in [0.1, 0.15) is 10.6 Å². The standard InChI is InChI=1S/C11H6Cl2N2O2/c12-7-4-2-1-3-6(7)9-8(13)5-14-10(15-9)11(16)17/h1-5H,(H,16,17). The van der Waals surface area contributed by atoms with E-state index in [-0.39, 0.29) is 10.8 Å². The van der Waals surface area contributed by atoms with Crippen LogP contribution in [0, 0.1) is 0 Å². The zero-order valence-corrected chi connectivity index (χ0v) is 9.90. The topological polar surface area (TPSA) is 63.1 Å². The fraction of sp³-hybridized carbons (Fsp3) is 0. The first-order valence-corrected chi connectivity index (χ1v) is 5.36. The Morgan fingerprint density at radius 3 is 2.53 bits per heavy atom. The van der Waals surface area contributed by atoms with Gasteiger partial charge in [0.05, 0.1) is 21.9 Å². The summed E-state index contributed by atoms with van der Waals surface area (Å²) in [7, 11) is 0. The molecule has 2 rings (SSSR count). The number of carboxylic acids is 1. The zero-order chi connectivity index (χ0) is 12.4. The van der Waals surface area contributed by atoms with Gasteiger partial charge in [-0.05, 0) is 6.07 Å². The second-order valence-corrected chi connectivity index (χ2v) is 3.99. The van der Waals surface area contributed by atoms with Crippen LogP contribution in [0.25, 0.3) is 11.3 Å². The molecule has 0 saturated heterocycles. The molecule has 17 heavy (non-hydrogen) atoms. The minimum Gasteiger partial charge on any atom is -0.475 e. The molecule has 0 fully saturated rings. The molecule has 6 heteroatoms. The molecular formula is C11H6Cl2N2O2. The average molecular weight is 269 g/mol. The Morgan fingerprint density at radius 2 is 1.88 bits per heavy atom. The van der Waals surface area contributed by atoms with Gasteiger partial charge in [-0.15, -0.1) is 0 Å². The molecule has 2 aromatic rings. The second-order valence-electron chi connectivity index (χ2n) is 3.18. The third-order valence-electron chi connectivity index (χ3n) is 2.06. The zero-order valence-electron chi connectivity index (χ0n) is 8.39. The van der Waals surface area contributed by atoms with Crippen molar-refractivity contribution in [3.8, 4) is 11.3 Å². The lowest BCUT2D eigenvalue weighted by atomic mass is 10.1. The third-order valence-corrected chi connectivity index (χ3v) is 2.67. The number of aromatic carboxylic acids is 1. The molecule has 1 aromatic heterocycles. The Bertz CT molecular complexity index is 587. The normalized spacial score (nSPS) is 10.2. The lowest BCUT2D eigenvalue weighted by Gasteiger charge is -2.05. The summed E-state index contributed by atoms with van der Waals surface area (Å²) in [6.07, 6.45) is 1.25. The lowest BCUT2D eigenvalue weighted by molar-refractivity contribution is 0.0683. The van der Waals surface area contributed by atoms with Crippen molar-refractivity contribution in [3.05, 3.63) is 46.3 Å². The van der Waals surface area contributed by atoms with Gasteiger partial charge in [-0.2, -0.15) is 0 Å². The SMILES string of the molecule is O=C(O)c1ncc(Cl)c(-c2ccccc2Cl)n1. The van der Waals surface area contributed by atoms with Gasteiger partial charge in [0.25, 0.3) is 0 Å². The lowest BCUT2D eigenvalue weighted by Crippen LogP contribution is -2.05. The number of nitrogens with zero attached hydrogens (tertiary/aromatic N) is 2. The van der Waals surface area contributed by atoms with E-state index in [9.17, 15) is 4.79 Å². The molecule has 0 bridgehead atoms. The van der Waals surface area contributed by atoms with Crippen LogP contribution in [0.2, 0.25) is 10.0 Å². The maximum absolute atomic E-state index is 10.8. The highest BCUT2D eigenvalue weighted by Gasteiger charge is 2.14. The average Bonchev–Trinajstić information content (AvgIpc) is 2.30. The summed E-state index contributed by atoms with van der Waals surface area (Å²) in [5.41, 5.74) is 0.883. The maximum Gasteiger partial charge on any atom is 0.373 e. The number of carbonyl (C=O) groups is 1. The van der Waals surface area contributed by atoms with Crippen LogP contribution < -0.4 is 0 Å². The third kappa shape index (κ3) is 2.38. The van der Waals surface area contributed by atoms with Crippen molar-refractivity contribution in [3.63, 3.8) is 0 Å². The van der Waals surface area contributed by atoms with Gasteiger partial charge in [-0.25, -0.2) is 14.8 Å². The van der Waals surface area contributed by atoms with E-state index in [0.717, 1.165) is 0 Å². The van der Waals surface area contributed by atoms with E-state index in [1.807, 2.05) is 0 Å². The van der Waals surface area contributed by atoms with E-state index in [1.54, 1.807) is 24.3 Å². The van der Waals surface area contributed by atoms with Crippen LogP contribution >= 0.6 is 23.2 Å². The van der Waals surface area contributed by atoms with Gasteiger partial charge in [0.1, 0.15) is 0 Å². The molecule has 0 amide bonds. The molecule has 1 aromatic carbocycles. The van der Waals surface area contributed by atoms with Crippen LogP contribution in [-0.4, -0.2) is 21.0 Å². The van der Waals surface area contributed by atoms with Crippen LogP contribution in [0.4, 0.5) is 0 Å². The molecule has 0 atom stereocenters. The van der Waals surface area contributed by atoms with E-state index in [2.05, 4.69) is 9.97 Å². The van der Waals surface area contributed by atoms with Crippen molar-refractivity contribution in [1.82, 2.24) is 9.97 Å². The minimum atomic E-state index is -1.21. The summed E-state index contributed by atoms with van der Waals surface area (Å²) in [4.78, 5) is 18.3. The van der Waals surface area contributed by atoms with Crippen molar-refractivity contribution < 1.29 is 9.90 Å². The van der Waals surface area contributed by atoms with Gasteiger partial charge in [-0.1, -0.05) is 41.4 Å². The van der Waals surface area contributed by atoms with Gasteiger partial charge >= 0.3 is 5.97 Å². The first kappa shape index (κ1) is 11.8. The van der Waals surface area contributed by atoms with Crippen molar-refractivity contribution in [2.45, 2.75) is 0 Å². The fourth-order valence-electron chi connectivity index (χ4n) is 1.31. The predicted octanol–water partition coefficient (Wildman–Crippen LogP) is 3.15. The highest BCUT2D eigenvalue weighted by Crippen LogP contribution is 2.30. The molecular weight excluding hydrogens is 263 g/mol. The Kier molecular flexibility index (Phi) is 3.26. The molecule has 0 unspecified atom stereocenters. The molecule has 0 aliphatic heterocycles. The largest absolute Gasteiger partial charge is 0.475 e. The Morgan fingerprint density at radius 1 is 1.18 bits per heavy atom. The molecule has 0 spiro atoms. The second kappa shape index (κ2) is 4.69. The summed E-state index contributed by atoms with van der Waals surface area (Å²) < 4.78 is 0. The van der Waals surface area contributed by atoms with Crippen LogP contribution in [0.5, 0.6) is 0 Å². The van der Waals surface area contributed by atoms with Gasteiger partial charge in [0, 0.05) is 5.56 Å². The Balaban J connectivity index is 2.63. The van der Waals surface area contributed by atoms with E-state index in [4.69, 9.17) is 28.3 Å². The van der Waals surface area contributed by atoms with E-state index in [1.165, 1.54) is 6.20 Å². The smallest absolute Gasteiger partial charge is 0.373 e. The minimum absolute atomic E-state index is 0.253. The summed E-state index contributed by atoms with van der Waals surface area (Å²) in [6, 6.07) is 6.91. The monoisotopic (exact) mass is 268 g/mol. The molecule has 1 heterocycles. The van der Waals surface area contributed by atoms with E-state index >= 15 is 0 Å². The maximum atomic E-state index is 10.8. The van der Waals surface area contributed by atoms with Gasteiger partial charge in [-0.3, -0.25) is 0 Å². The fourth-order valence-corrected chi connectivity index (χ4v) is 1.73. The highest BCUT2D eigenvalue weighted by molar-refractivity contribution is 6.36. The number of halogens is 2. The Hall–Kier alpha value is -1.65.